The second kappa shape index (κ2) is 10.0. The topological polar surface area (TPSA) is 47.6 Å². The van der Waals surface area contributed by atoms with E-state index in [1.807, 2.05) is 13.8 Å². The van der Waals surface area contributed by atoms with Crippen LogP contribution in [0.3, 0.4) is 0 Å². The summed E-state index contributed by atoms with van der Waals surface area (Å²) in [7, 11) is 0. The van der Waals surface area contributed by atoms with Crippen LogP contribution in [0.4, 0.5) is 14.5 Å². The Kier molecular flexibility index (Phi) is 7.72. The number of hydrogen-bond donors (Lipinski definition) is 1. The van der Waals surface area contributed by atoms with Crippen LogP contribution in [-0.4, -0.2) is 24.9 Å². The van der Waals surface area contributed by atoms with Crippen LogP contribution in [0.5, 0.6) is 11.5 Å². The van der Waals surface area contributed by atoms with Crippen molar-refractivity contribution in [2.24, 2.45) is 0 Å². The van der Waals surface area contributed by atoms with E-state index in [2.05, 4.69) is 5.32 Å². The third kappa shape index (κ3) is 5.91. The molecule has 0 heterocycles. The molecule has 0 atom stereocenters. The summed E-state index contributed by atoms with van der Waals surface area (Å²) in [4.78, 5) is 12.2. The fourth-order valence-electron chi connectivity index (χ4n) is 2.22. The fourth-order valence-corrected chi connectivity index (χ4v) is 3.00. The quantitative estimate of drug-likeness (QED) is 0.688. The van der Waals surface area contributed by atoms with E-state index in [4.69, 9.17) is 9.47 Å². The van der Waals surface area contributed by atoms with Gasteiger partial charge in [0.1, 0.15) is 11.5 Å². The molecule has 0 fully saturated rings. The van der Waals surface area contributed by atoms with Crippen LogP contribution in [-0.2, 0) is 10.5 Å². The molecule has 1 N–H and O–H groups in total. The van der Waals surface area contributed by atoms with E-state index in [1.165, 1.54) is 17.8 Å². The van der Waals surface area contributed by atoms with Crippen molar-refractivity contribution in [3.05, 3.63) is 53.6 Å². The second-order valence-electron chi connectivity index (χ2n) is 5.31. The summed E-state index contributed by atoms with van der Waals surface area (Å²) in [5.74, 6) is -0.204. The Labute approximate surface area is 155 Å². The Morgan fingerprint density at radius 1 is 1.04 bits per heavy atom. The van der Waals surface area contributed by atoms with Gasteiger partial charge in [-0.3, -0.25) is 4.79 Å². The van der Waals surface area contributed by atoms with Crippen LogP contribution in [0.2, 0.25) is 0 Å². The van der Waals surface area contributed by atoms with Gasteiger partial charge in [-0.25, -0.2) is 8.78 Å². The van der Waals surface area contributed by atoms with Crippen LogP contribution in [0.15, 0.2) is 36.4 Å². The number of amides is 1. The Morgan fingerprint density at radius 2 is 1.81 bits per heavy atom. The van der Waals surface area contributed by atoms with E-state index >= 15 is 0 Å². The van der Waals surface area contributed by atoms with Gasteiger partial charge in [-0.05, 0) is 43.7 Å². The summed E-state index contributed by atoms with van der Waals surface area (Å²) in [5.41, 5.74) is 1.16. The number of hydrogen-bond acceptors (Lipinski definition) is 4. The largest absolute Gasteiger partial charge is 0.494 e. The molecule has 26 heavy (non-hydrogen) atoms. The fraction of sp³-hybridized carbons (Fsp3) is 0.316. The van der Waals surface area contributed by atoms with Crippen molar-refractivity contribution in [2.45, 2.75) is 19.6 Å². The third-order valence-electron chi connectivity index (χ3n) is 3.32. The molecule has 2 aromatic carbocycles. The second-order valence-corrected chi connectivity index (χ2v) is 6.30. The summed E-state index contributed by atoms with van der Waals surface area (Å²) >= 11 is 1.31. The van der Waals surface area contributed by atoms with Gasteiger partial charge in [-0.1, -0.05) is 6.07 Å². The van der Waals surface area contributed by atoms with Gasteiger partial charge in [-0.2, -0.15) is 0 Å². The highest BCUT2D eigenvalue weighted by molar-refractivity contribution is 7.99. The molecule has 0 unspecified atom stereocenters. The van der Waals surface area contributed by atoms with E-state index in [1.54, 1.807) is 18.2 Å². The maximum atomic E-state index is 13.2. The van der Waals surface area contributed by atoms with Crippen LogP contribution in [0, 0.1) is 11.6 Å². The van der Waals surface area contributed by atoms with Gasteiger partial charge in [0.15, 0.2) is 11.6 Å². The van der Waals surface area contributed by atoms with Crippen molar-refractivity contribution in [3.8, 4) is 11.5 Å². The molecule has 140 valence electrons. The molecular formula is C19H21F2NO3S. The molecule has 0 radical (unpaired) electrons. The minimum atomic E-state index is -0.887. The standard InChI is InChI=1S/C19H21F2NO3S/c1-3-24-14-6-8-18(25-4-2)17(10-14)22-19(23)12-26-11-13-5-7-15(20)16(21)9-13/h5-10H,3-4,11-12H2,1-2H3,(H,22,23). The van der Waals surface area contributed by atoms with Crippen LogP contribution < -0.4 is 14.8 Å². The minimum absolute atomic E-state index is 0.170. The predicted octanol–water partition coefficient (Wildman–Crippen LogP) is 4.63. The molecule has 0 saturated heterocycles. The first-order chi connectivity index (χ1) is 12.5. The van der Waals surface area contributed by atoms with E-state index < -0.39 is 11.6 Å². The zero-order chi connectivity index (χ0) is 18.9. The number of anilines is 1. The molecule has 4 nitrogen and oxygen atoms in total. The number of carbonyl (C=O) groups excluding carboxylic acids is 1. The molecule has 0 aliphatic carbocycles. The first-order valence-corrected chi connectivity index (χ1v) is 9.40. The number of rotatable bonds is 9. The van der Waals surface area contributed by atoms with Gasteiger partial charge in [0.05, 0.1) is 24.7 Å². The number of ether oxygens (including phenoxy) is 2. The average molecular weight is 381 g/mol. The molecular weight excluding hydrogens is 360 g/mol. The number of halogens is 2. The van der Waals surface area contributed by atoms with Crippen molar-refractivity contribution in [1.82, 2.24) is 0 Å². The zero-order valence-electron chi connectivity index (χ0n) is 14.7. The summed E-state index contributed by atoms with van der Waals surface area (Å²) in [6.45, 7) is 4.73. The summed E-state index contributed by atoms with van der Waals surface area (Å²) in [6, 6.07) is 8.97. The highest BCUT2D eigenvalue weighted by Crippen LogP contribution is 2.29. The maximum Gasteiger partial charge on any atom is 0.234 e. The van der Waals surface area contributed by atoms with Crippen molar-refractivity contribution < 1.29 is 23.0 Å². The van der Waals surface area contributed by atoms with Gasteiger partial charge < -0.3 is 14.8 Å². The normalized spacial score (nSPS) is 10.5. The van der Waals surface area contributed by atoms with Crippen molar-refractivity contribution in [3.63, 3.8) is 0 Å². The number of carbonyl (C=O) groups is 1. The number of benzene rings is 2. The first-order valence-electron chi connectivity index (χ1n) is 8.24. The smallest absolute Gasteiger partial charge is 0.234 e. The average Bonchev–Trinajstić information content (AvgIpc) is 2.61. The lowest BCUT2D eigenvalue weighted by atomic mass is 10.2. The molecule has 0 spiro atoms. The number of nitrogens with one attached hydrogen (secondary N) is 1. The zero-order valence-corrected chi connectivity index (χ0v) is 15.5. The molecule has 0 saturated carbocycles. The van der Waals surface area contributed by atoms with Crippen LogP contribution in [0.1, 0.15) is 19.4 Å². The summed E-state index contributed by atoms with van der Waals surface area (Å²) < 4.78 is 37.1. The molecule has 2 aromatic rings. The van der Waals surface area contributed by atoms with Crippen molar-refractivity contribution >= 4 is 23.4 Å². The molecule has 0 aromatic heterocycles. The highest BCUT2D eigenvalue weighted by atomic mass is 32.2. The Balaban J connectivity index is 1.93. The van der Waals surface area contributed by atoms with Crippen molar-refractivity contribution in [2.75, 3.05) is 24.3 Å². The van der Waals surface area contributed by atoms with Gasteiger partial charge in [-0.15, -0.1) is 11.8 Å². The summed E-state index contributed by atoms with van der Waals surface area (Å²) in [6.07, 6.45) is 0. The van der Waals surface area contributed by atoms with E-state index in [0.29, 0.717) is 41.7 Å². The molecule has 0 aliphatic heterocycles. The molecule has 1 amide bonds. The van der Waals surface area contributed by atoms with E-state index in [0.717, 1.165) is 12.1 Å². The van der Waals surface area contributed by atoms with E-state index in [-0.39, 0.29) is 11.7 Å². The molecule has 0 aliphatic rings. The first kappa shape index (κ1) is 20.0. The van der Waals surface area contributed by atoms with Crippen LogP contribution in [0.25, 0.3) is 0 Å². The SMILES string of the molecule is CCOc1ccc(OCC)c(NC(=O)CSCc2ccc(F)c(F)c2)c1. The predicted molar refractivity (Wildman–Crippen MR) is 99.9 cm³/mol. The van der Waals surface area contributed by atoms with Gasteiger partial charge in [0, 0.05) is 11.8 Å². The molecule has 7 heteroatoms. The third-order valence-corrected chi connectivity index (χ3v) is 4.33. The Morgan fingerprint density at radius 3 is 2.50 bits per heavy atom. The van der Waals surface area contributed by atoms with Gasteiger partial charge in [0.25, 0.3) is 0 Å². The van der Waals surface area contributed by atoms with E-state index in [9.17, 15) is 13.6 Å². The molecule has 0 bridgehead atoms. The summed E-state index contributed by atoms with van der Waals surface area (Å²) in [5, 5.41) is 2.80. The lowest BCUT2D eigenvalue weighted by molar-refractivity contribution is -0.113. The Hall–Kier alpha value is -2.28. The van der Waals surface area contributed by atoms with Crippen molar-refractivity contribution in [1.29, 1.82) is 0 Å². The lowest BCUT2D eigenvalue weighted by Gasteiger charge is -2.13. The molecule has 2 rings (SSSR count). The highest BCUT2D eigenvalue weighted by Gasteiger charge is 2.10. The minimum Gasteiger partial charge on any atom is -0.494 e. The lowest BCUT2D eigenvalue weighted by Crippen LogP contribution is -2.15. The van der Waals surface area contributed by atoms with Gasteiger partial charge in [0.2, 0.25) is 5.91 Å². The number of thioether (sulfide) groups is 1. The monoisotopic (exact) mass is 381 g/mol. The van der Waals surface area contributed by atoms with Gasteiger partial charge >= 0.3 is 0 Å². The Bertz CT molecular complexity index is 756. The van der Waals surface area contributed by atoms with Crippen LogP contribution >= 0.6 is 11.8 Å². The maximum absolute atomic E-state index is 13.2.